The summed E-state index contributed by atoms with van der Waals surface area (Å²) in [6, 6.07) is 0. The molecule has 2 rings (SSSR count). The van der Waals surface area contributed by atoms with Crippen LogP contribution in [0.25, 0.3) is 0 Å². The van der Waals surface area contributed by atoms with Crippen LogP contribution < -0.4 is 0 Å². The topological polar surface area (TPSA) is 34.9 Å². The molecule has 1 aliphatic rings. The minimum atomic E-state index is 0.0880. The molecule has 3 heteroatoms. The van der Waals surface area contributed by atoms with Crippen LogP contribution in [0, 0.1) is 0 Å². The lowest BCUT2D eigenvalue weighted by atomic mass is 10.1. The molecule has 0 saturated carbocycles. The number of ketones is 1. The lowest BCUT2D eigenvalue weighted by Gasteiger charge is -2.00. The van der Waals surface area contributed by atoms with Gasteiger partial charge in [-0.1, -0.05) is 6.08 Å². The first kappa shape index (κ1) is 8.23. The average molecular weight is 176 g/mol. The van der Waals surface area contributed by atoms with Crippen molar-refractivity contribution in [3.63, 3.8) is 0 Å². The van der Waals surface area contributed by atoms with Crippen LogP contribution in [-0.4, -0.2) is 15.3 Å². The molecule has 0 aromatic carbocycles. The van der Waals surface area contributed by atoms with Crippen LogP contribution in [0.15, 0.2) is 24.0 Å². The molecule has 0 atom stereocenters. The molecule has 1 aromatic heterocycles. The zero-order chi connectivity index (χ0) is 9.26. The predicted octanol–water partition coefficient (Wildman–Crippen LogP) is 1.71. The molecule has 13 heavy (non-hydrogen) atoms. The number of aromatic nitrogens is 2. The Morgan fingerprint density at radius 2 is 2.46 bits per heavy atom. The first-order valence-electron chi connectivity index (χ1n) is 4.50. The SMILES string of the molecule is Cn1ccnc1C(=O)C1=CCCC1. The lowest BCUT2D eigenvalue weighted by Crippen LogP contribution is -2.08. The van der Waals surface area contributed by atoms with Crippen LogP contribution in [0.4, 0.5) is 0 Å². The molecular weight excluding hydrogens is 164 g/mol. The van der Waals surface area contributed by atoms with Crippen LogP contribution in [-0.2, 0) is 7.05 Å². The average Bonchev–Trinajstić information content (AvgIpc) is 2.72. The van der Waals surface area contributed by atoms with Crippen molar-refractivity contribution in [1.29, 1.82) is 0 Å². The van der Waals surface area contributed by atoms with E-state index >= 15 is 0 Å². The quantitative estimate of drug-likeness (QED) is 0.643. The van der Waals surface area contributed by atoms with E-state index in [-0.39, 0.29) is 5.78 Å². The molecule has 0 spiro atoms. The van der Waals surface area contributed by atoms with Crippen molar-refractivity contribution in [2.24, 2.45) is 7.05 Å². The standard InChI is InChI=1S/C10H12N2O/c1-12-7-6-11-10(12)9(13)8-4-2-3-5-8/h4,6-7H,2-3,5H2,1H3. The summed E-state index contributed by atoms with van der Waals surface area (Å²) in [6.45, 7) is 0. The number of rotatable bonds is 2. The Bertz CT molecular complexity index is 363. The highest BCUT2D eigenvalue weighted by Crippen LogP contribution is 2.20. The van der Waals surface area contributed by atoms with Crippen molar-refractivity contribution in [1.82, 2.24) is 9.55 Å². The summed E-state index contributed by atoms with van der Waals surface area (Å²) in [5, 5.41) is 0. The van der Waals surface area contributed by atoms with Gasteiger partial charge in [-0.15, -0.1) is 0 Å². The molecular formula is C10H12N2O. The number of allylic oxidation sites excluding steroid dienone is 2. The minimum absolute atomic E-state index is 0.0880. The second-order valence-corrected chi connectivity index (χ2v) is 3.31. The number of aryl methyl sites for hydroxylation is 1. The van der Waals surface area contributed by atoms with Crippen LogP contribution in [0.2, 0.25) is 0 Å². The number of carbonyl (C=O) groups is 1. The third-order valence-electron chi connectivity index (χ3n) is 2.36. The summed E-state index contributed by atoms with van der Waals surface area (Å²) in [6.07, 6.45) is 8.52. The molecule has 1 aliphatic carbocycles. The van der Waals surface area contributed by atoms with Gasteiger partial charge in [-0.2, -0.15) is 0 Å². The van der Waals surface area contributed by atoms with Crippen molar-refractivity contribution in [3.8, 4) is 0 Å². The molecule has 0 bridgehead atoms. The molecule has 0 radical (unpaired) electrons. The van der Waals surface area contributed by atoms with E-state index in [0.29, 0.717) is 5.82 Å². The molecule has 0 unspecified atom stereocenters. The van der Waals surface area contributed by atoms with Gasteiger partial charge in [0, 0.05) is 19.4 Å². The summed E-state index contributed by atoms with van der Waals surface area (Å²) >= 11 is 0. The fourth-order valence-corrected chi connectivity index (χ4v) is 1.61. The number of Topliss-reactive ketones (excluding diaryl/α,β-unsaturated/α-hetero) is 1. The Kier molecular flexibility index (Phi) is 2.00. The first-order chi connectivity index (χ1) is 6.29. The molecule has 0 saturated heterocycles. The van der Waals surface area contributed by atoms with Gasteiger partial charge in [-0.05, 0) is 24.8 Å². The molecule has 0 fully saturated rings. The number of nitrogens with zero attached hydrogens (tertiary/aromatic N) is 2. The molecule has 1 heterocycles. The number of imidazole rings is 1. The maximum Gasteiger partial charge on any atom is 0.224 e. The number of carbonyl (C=O) groups excluding carboxylic acids is 1. The van der Waals surface area contributed by atoms with Crippen molar-refractivity contribution >= 4 is 5.78 Å². The predicted molar refractivity (Wildman–Crippen MR) is 49.5 cm³/mol. The van der Waals surface area contributed by atoms with Gasteiger partial charge in [0.05, 0.1) is 0 Å². The zero-order valence-corrected chi connectivity index (χ0v) is 7.66. The van der Waals surface area contributed by atoms with E-state index in [1.165, 1.54) is 0 Å². The fraction of sp³-hybridized carbons (Fsp3) is 0.400. The second-order valence-electron chi connectivity index (χ2n) is 3.31. The summed E-state index contributed by atoms with van der Waals surface area (Å²) in [4.78, 5) is 15.8. The van der Waals surface area contributed by atoms with Crippen LogP contribution in [0.5, 0.6) is 0 Å². The van der Waals surface area contributed by atoms with Gasteiger partial charge in [-0.3, -0.25) is 4.79 Å². The van der Waals surface area contributed by atoms with Crippen molar-refractivity contribution in [2.75, 3.05) is 0 Å². The van der Waals surface area contributed by atoms with E-state index in [9.17, 15) is 4.79 Å². The van der Waals surface area contributed by atoms with Gasteiger partial charge >= 0.3 is 0 Å². The number of hydrogen-bond acceptors (Lipinski definition) is 2. The molecule has 68 valence electrons. The van der Waals surface area contributed by atoms with Crippen molar-refractivity contribution in [3.05, 3.63) is 29.9 Å². The van der Waals surface area contributed by atoms with Crippen molar-refractivity contribution < 1.29 is 4.79 Å². The molecule has 3 nitrogen and oxygen atoms in total. The van der Waals surface area contributed by atoms with Gasteiger partial charge in [0.15, 0.2) is 5.82 Å². The smallest absolute Gasteiger partial charge is 0.224 e. The fourth-order valence-electron chi connectivity index (χ4n) is 1.61. The van der Waals surface area contributed by atoms with E-state index in [2.05, 4.69) is 4.98 Å². The molecule has 0 N–H and O–H groups in total. The summed E-state index contributed by atoms with van der Waals surface area (Å²) < 4.78 is 1.77. The highest BCUT2D eigenvalue weighted by molar-refractivity contribution is 6.06. The second kappa shape index (κ2) is 3.17. The zero-order valence-electron chi connectivity index (χ0n) is 7.66. The van der Waals surface area contributed by atoms with Gasteiger partial charge in [0.25, 0.3) is 0 Å². The largest absolute Gasteiger partial charge is 0.331 e. The van der Waals surface area contributed by atoms with Crippen LogP contribution in [0.3, 0.4) is 0 Å². The Hall–Kier alpha value is -1.38. The van der Waals surface area contributed by atoms with E-state index in [0.717, 1.165) is 24.8 Å². The first-order valence-corrected chi connectivity index (χ1v) is 4.50. The summed E-state index contributed by atoms with van der Waals surface area (Å²) in [5.41, 5.74) is 0.925. The highest BCUT2D eigenvalue weighted by Gasteiger charge is 2.18. The van der Waals surface area contributed by atoms with E-state index in [1.807, 2.05) is 13.1 Å². The normalized spacial score (nSPS) is 15.9. The minimum Gasteiger partial charge on any atom is -0.331 e. The maximum absolute atomic E-state index is 11.8. The Labute approximate surface area is 77.1 Å². The van der Waals surface area contributed by atoms with E-state index in [4.69, 9.17) is 0 Å². The van der Waals surface area contributed by atoms with E-state index in [1.54, 1.807) is 17.0 Å². The number of hydrogen-bond donors (Lipinski definition) is 0. The Morgan fingerprint density at radius 3 is 3.00 bits per heavy atom. The van der Waals surface area contributed by atoms with Gasteiger partial charge < -0.3 is 4.57 Å². The van der Waals surface area contributed by atoms with Gasteiger partial charge in [-0.25, -0.2) is 4.98 Å². The molecule has 0 amide bonds. The van der Waals surface area contributed by atoms with E-state index < -0.39 is 0 Å². The van der Waals surface area contributed by atoms with Gasteiger partial charge in [0.2, 0.25) is 5.78 Å². The Morgan fingerprint density at radius 1 is 1.62 bits per heavy atom. The third-order valence-corrected chi connectivity index (χ3v) is 2.36. The third kappa shape index (κ3) is 1.41. The van der Waals surface area contributed by atoms with Crippen molar-refractivity contribution in [2.45, 2.75) is 19.3 Å². The summed E-state index contributed by atoms with van der Waals surface area (Å²) in [7, 11) is 1.84. The lowest BCUT2D eigenvalue weighted by molar-refractivity contribution is 0.102. The highest BCUT2D eigenvalue weighted by atomic mass is 16.1. The monoisotopic (exact) mass is 176 g/mol. The van der Waals surface area contributed by atoms with Crippen LogP contribution in [0.1, 0.15) is 29.9 Å². The summed E-state index contributed by atoms with van der Waals surface area (Å²) in [5.74, 6) is 0.637. The maximum atomic E-state index is 11.8. The van der Waals surface area contributed by atoms with Gasteiger partial charge in [0.1, 0.15) is 0 Å². The Balaban J connectivity index is 2.27. The molecule has 1 aromatic rings. The molecule has 0 aliphatic heterocycles. The van der Waals surface area contributed by atoms with Crippen LogP contribution >= 0.6 is 0 Å².